The van der Waals surface area contributed by atoms with Gasteiger partial charge in [0.05, 0.1) is 0 Å². The maximum Gasteiger partial charge on any atom is 0.185 e. The summed E-state index contributed by atoms with van der Waals surface area (Å²) in [4.78, 5) is 6.07. The Morgan fingerprint density at radius 1 is 1.50 bits per heavy atom. The zero-order valence-corrected chi connectivity index (χ0v) is 6.41. The molecule has 1 aromatic rings. The van der Waals surface area contributed by atoms with Crippen LogP contribution in [0.1, 0.15) is 5.56 Å². The van der Waals surface area contributed by atoms with Crippen molar-refractivity contribution < 1.29 is 0 Å². The summed E-state index contributed by atoms with van der Waals surface area (Å²) in [5, 5.41) is 0. The van der Waals surface area contributed by atoms with Gasteiger partial charge in [0.15, 0.2) is 7.98 Å². The minimum atomic E-state index is 0.989. The Morgan fingerprint density at radius 2 is 2.10 bits per heavy atom. The average Bonchev–Trinajstić information content (AvgIpc) is 1.88. The van der Waals surface area contributed by atoms with Gasteiger partial charge in [-0.3, -0.25) is 4.98 Å². The van der Waals surface area contributed by atoms with E-state index in [1.54, 1.807) is 0 Å². The first-order valence-electron chi connectivity index (χ1n) is 3.32. The molecule has 0 unspecified atom stereocenters. The molecular weight excluding hydrogens is 123 g/mol. The Kier molecular flexibility index (Phi) is 2.45. The molecular formula is C7H11BN2. The Bertz CT molecular complexity index is 186. The normalized spacial score (nSPS) is 10.2. The summed E-state index contributed by atoms with van der Waals surface area (Å²) in [7, 11) is 4.11. The predicted octanol–water partition coefficient (Wildman–Crippen LogP) is 0.0615. The smallest absolute Gasteiger partial charge is 0.185 e. The van der Waals surface area contributed by atoms with Gasteiger partial charge in [0.1, 0.15) is 0 Å². The number of rotatable bonds is 2. The first kappa shape index (κ1) is 7.28. The van der Waals surface area contributed by atoms with E-state index >= 15 is 0 Å². The van der Waals surface area contributed by atoms with Gasteiger partial charge in [0, 0.05) is 18.9 Å². The van der Waals surface area contributed by atoms with Gasteiger partial charge >= 0.3 is 0 Å². The predicted molar refractivity (Wildman–Crippen MR) is 44.2 cm³/mol. The summed E-state index contributed by atoms with van der Waals surface area (Å²) in [5.74, 6) is 0. The van der Waals surface area contributed by atoms with Crippen LogP contribution in [0.15, 0.2) is 24.5 Å². The highest BCUT2D eigenvalue weighted by atomic mass is 15.0. The van der Waals surface area contributed by atoms with Crippen LogP contribution in [0.5, 0.6) is 0 Å². The lowest BCUT2D eigenvalue weighted by atomic mass is 10.2. The molecule has 0 radical (unpaired) electrons. The fraction of sp³-hybridized carbons (Fsp3) is 0.286. The maximum absolute atomic E-state index is 3.93. The van der Waals surface area contributed by atoms with E-state index < -0.39 is 0 Å². The molecule has 1 heterocycles. The molecule has 52 valence electrons. The number of hydrogen-bond acceptors (Lipinski definition) is 2. The second kappa shape index (κ2) is 3.37. The van der Waals surface area contributed by atoms with Crippen LogP contribution in [0.25, 0.3) is 0 Å². The molecule has 2 nitrogen and oxygen atoms in total. The van der Waals surface area contributed by atoms with Gasteiger partial charge < -0.3 is 4.81 Å². The van der Waals surface area contributed by atoms with Crippen molar-refractivity contribution >= 4 is 7.98 Å². The van der Waals surface area contributed by atoms with Crippen LogP contribution in [0.3, 0.4) is 0 Å². The minimum Gasteiger partial charge on any atom is -0.348 e. The number of hydrogen-bond donors (Lipinski definition) is 0. The lowest BCUT2D eigenvalue weighted by Crippen LogP contribution is -2.12. The minimum absolute atomic E-state index is 0.989. The molecule has 0 saturated heterocycles. The van der Waals surface area contributed by atoms with E-state index in [1.165, 1.54) is 5.56 Å². The topological polar surface area (TPSA) is 16.1 Å². The highest BCUT2D eigenvalue weighted by molar-refractivity contribution is 6.04. The average molecular weight is 134 g/mol. The van der Waals surface area contributed by atoms with Gasteiger partial charge in [-0.05, 0) is 24.7 Å². The van der Waals surface area contributed by atoms with Crippen LogP contribution in [-0.4, -0.2) is 24.8 Å². The van der Waals surface area contributed by atoms with Crippen molar-refractivity contribution in [3.05, 3.63) is 30.1 Å². The highest BCUT2D eigenvalue weighted by Crippen LogP contribution is 1.97. The number of nitrogens with zero attached hydrogens (tertiary/aromatic N) is 2. The maximum atomic E-state index is 3.93. The zero-order chi connectivity index (χ0) is 7.40. The van der Waals surface area contributed by atoms with Crippen molar-refractivity contribution in [2.75, 3.05) is 7.05 Å². The molecule has 1 aromatic heterocycles. The molecule has 0 N–H and O–H groups in total. The summed E-state index contributed by atoms with van der Waals surface area (Å²) in [6, 6.07) is 4.06. The molecule has 0 bridgehead atoms. The van der Waals surface area contributed by atoms with E-state index in [0.717, 1.165) is 6.54 Å². The summed E-state index contributed by atoms with van der Waals surface area (Å²) < 4.78 is 0. The molecule has 0 fully saturated rings. The number of pyridine rings is 1. The van der Waals surface area contributed by atoms with Gasteiger partial charge in [-0.2, -0.15) is 0 Å². The van der Waals surface area contributed by atoms with Crippen molar-refractivity contribution in [1.82, 2.24) is 9.79 Å². The Morgan fingerprint density at radius 3 is 2.60 bits per heavy atom. The lowest BCUT2D eigenvalue weighted by Gasteiger charge is -2.08. The van der Waals surface area contributed by atoms with Crippen molar-refractivity contribution in [2.24, 2.45) is 0 Å². The second-order valence-electron chi connectivity index (χ2n) is 2.59. The van der Waals surface area contributed by atoms with Gasteiger partial charge in [0.2, 0.25) is 0 Å². The van der Waals surface area contributed by atoms with Crippen LogP contribution in [0.4, 0.5) is 0 Å². The van der Waals surface area contributed by atoms with Crippen molar-refractivity contribution in [3.8, 4) is 0 Å². The molecule has 0 amide bonds. The standard InChI is InChI=1S/C7H11BN2/c1-10(8)6-7-2-4-9-5-3-7/h2-5H,6,8H2,1H3. The molecule has 10 heavy (non-hydrogen) atoms. The van der Waals surface area contributed by atoms with E-state index in [0.29, 0.717) is 0 Å². The molecule has 1 rings (SSSR count). The molecule has 0 aliphatic carbocycles. The molecule has 0 saturated carbocycles. The summed E-state index contributed by atoms with van der Waals surface area (Å²) in [6.45, 7) is 0.989. The second-order valence-corrected chi connectivity index (χ2v) is 2.59. The van der Waals surface area contributed by atoms with Crippen molar-refractivity contribution in [3.63, 3.8) is 0 Å². The summed E-state index contributed by atoms with van der Waals surface area (Å²) in [6.07, 6.45) is 3.64. The van der Waals surface area contributed by atoms with Crippen LogP contribution in [-0.2, 0) is 6.54 Å². The van der Waals surface area contributed by atoms with Crippen LogP contribution < -0.4 is 0 Å². The largest absolute Gasteiger partial charge is 0.348 e. The first-order chi connectivity index (χ1) is 4.79. The fourth-order valence-corrected chi connectivity index (χ4v) is 0.853. The molecule has 0 aliphatic rings. The van der Waals surface area contributed by atoms with Crippen LogP contribution in [0, 0.1) is 0 Å². The monoisotopic (exact) mass is 134 g/mol. The van der Waals surface area contributed by atoms with E-state index in [1.807, 2.05) is 24.5 Å². The van der Waals surface area contributed by atoms with Gasteiger partial charge in [-0.15, -0.1) is 0 Å². The zero-order valence-electron chi connectivity index (χ0n) is 6.41. The third-order valence-electron chi connectivity index (χ3n) is 1.25. The van der Waals surface area contributed by atoms with Gasteiger partial charge in [-0.25, -0.2) is 0 Å². The van der Waals surface area contributed by atoms with Crippen LogP contribution in [0.2, 0.25) is 0 Å². The Labute approximate surface area is 62.3 Å². The number of aromatic nitrogens is 1. The Hall–Kier alpha value is -0.825. The van der Waals surface area contributed by atoms with Crippen LogP contribution >= 0.6 is 0 Å². The quantitative estimate of drug-likeness (QED) is 0.531. The first-order valence-corrected chi connectivity index (χ1v) is 3.32. The fourth-order valence-electron chi connectivity index (χ4n) is 0.853. The van der Waals surface area contributed by atoms with Crippen molar-refractivity contribution in [2.45, 2.75) is 6.54 Å². The molecule has 3 heteroatoms. The molecule has 0 aliphatic heterocycles. The van der Waals surface area contributed by atoms with Crippen molar-refractivity contribution in [1.29, 1.82) is 0 Å². The molecule has 0 spiro atoms. The third kappa shape index (κ3) is 2.19. The SMILES string of the molecule is BN(C)Cc1ccncc1. The lowest BCUT2D eigenvalue weighted by molar-refractivity contribution is 0.543. The third-order valence-corrected chi connectivity index (χ3v) is 1.25. The molecule has 0 aromatic carbocycles. The van der Waals surface area contributed by atoms with Gasteiger partial charge in [-0.1, -0.05) is 0 Å². The Balaban J connectivity index is 2.59. The van der Waals surface area contributed by atoms with E-state index in [2.05, 4.69) is 24.8 Å². The van der Waals surface area contributed by atoms with E-state index in [-0.39, 0.29) is 0 Å². The van der Waals surface area contributed by atoms with E-state index in [4.69, 9.17) is 0 Å². The highest BCUT2D eigenvalue weighted by Gasteiger charge is 1.91. The van der Waals surface area contributed by atoms with Gasteiger partial charge in [0.25, 0.3) is 0 Å². The summed E-state index contributed by atoms with van der Waals surface area (Å²) in [5.41, 5.74) is 1.31. The summed E-state index contributed by atoms with van der Waals surface area (Å²) >= 11 is 0. The molecule has 0 atom stereocenters. The van der Waals surface area contributed by atoms with E-state index in [9.17, 15) is 0 Å².